The molecular weight excluding hydrogens is 412 g/mol. The van der Waals surface area contributed by atoms with Crippen LogP contribution in [0, 0.1) is 0 Å². The van der Waals surface area contributed by atoms with Crippen LogP contribution < -0.4 is 9.46 Å². The van der Waals surface area contributed by atoms with Crippen molar-refractivity contribution in [2.75, 3.05) is 4.72 Å². The van der Waals surface area contributed by atoms with E-state index in [2.05, 4.69) is 14.9 Å². The summed E-state index contributed by atoms with van der Waals surface area (Å²) in [4.78, 5) is 0.0139. The standard InChI is InChI=1S/C20H15ClN4O3S/c21-17-5-1-2-6-18(17)29(26,27)24-15-7-9-16(10-8-15)28-20-12-11-19(22-23-20)25-13-3-4-14-25/h1-14,24H. The van der Waals surface area contributed by atoms with Crippen molar-refractivity contribution in [1.82, 2.24) is 14.8 Å². The summed E-state index contributed by atoms with van der Waals surface area (Å²) in [6.07, 6.45) is 3.74. The van der Waals surface area contributed by atoms with Gasteiger partial charge in [0.25, 0.3) is 10.0 Å². The second kappa shape index (κ2) is 7.94. The Labute approximate surface area is 172 Å². The van der Waals surface area contributed by atoms with Crippen LogP contribution in [-0.4, -0.2) is 23.2 Å². The molecule has 4 aromatic rings. The van der Waals surface area contributed by atoms with E-state index >= 15 is 0 Å². The molecule has 2 heterocycles. The normalized spacial score (nSPS) is 11.2. The summed E-state index contributed by atoms with van der Waals surface area (Å²) >= 11 is 5.98. The molecule has 0 aliphatic heterocycles. The first kappa shape index (κ1) is 19.0. The fourth-order valence-corrected chi connectivity index (χ4v) is 4.16. The van der Waals surface area contributed by atoms with E-state index < -0.39 is 10.0 Å². The van der Waals surface area contributed by atoms with E-state index in [1.807, 2.05) is 29.1 Å². The second-order valence-electron chi connectivity index (χ2n) is 5.98. The highest BCUT2D eigenvalue weighted by atomic mass is 35.5. The molecule has 7 nitrogen and oxygen atoms in total. The van der Waals surface area contributed by atoms with Gasteiger partial charge in [-0.15, -0.1) is 10.2 Å². The van der Waals surface area contributed by atoms with Crippen molar-refractivity contribution in [2.45, 2.75) is 4.90 Å². The summed E-state index contributed by atoms with van der Waals surface area (Å²) in [6.45, 7) is 0. The molecule has 0 atom stereocenters. The van der Waals surface area contributed by atoms with E-state index in [-0.39, 0.29) is 9.92 Å². The van der Waals surface area contributed by atoms with Gasteiger partial charge in [-0.2, -0.15) is 0 Å². The average molecular weight is 427 g/mol. The molecule has 0 unspecified atom stereocenters. The predicted octanol–water partition coefficient (Wildman–Crippen LogP) is 4.51. The Morgan fingerprint density at radius 2 is 1.59 bits per heavy atom. The maximum atomic E-state index is 12.5. The lowest BCUT2D eigenvalue weighted by atomic mass is 10.3. The molecule has 29 heavy (non-hydrogen) atoms. The summed E-state index contributed by atoms with van der Waals surface area (Å²) in [5, 5.41) is 8.31. The molecule has 0 radical (unpaired) electrons. The van der Waals surface area contributed by atoms with Gasteiger partial charge in [-0.05, 0) is 54.6 Å². The van der Waals surface area contributed by atoms with Gasteiger partial charge in [0.2, 0.25) is 5.88 Å². The smallest absolute Gasteiger partial charge is 0.263 e. The summed E-state index contributed by atoms with van der Waals surface area (Å²) in [7, 11) is -3.79. The first-order valence-corrected chi connectivity index (χ1v) is 10.4. The van der Waals surface area contributed by atoms with Gasteiger partial charge < -0.3 is 9.30 Å². The number of nitrogens with zero attached hydrogens (tertiary/aromatic N) is 3. The third-order valence-corrected chi connectivity index (χ3v) is 5.83. The van der Waals surface area contributed by atoms with E-state index in [0.717, 1.165) is 0 Å². The Bertz CT molecular complexity index is 1210. The van der Waals surface area contributed by atoms with Crippen molar-refractivity contribution in [3.63, 3.8) is 0 Å². The molecular formula is C20H15ClN4O3S. The Morgan fingerprint density at radius 3 is 2.24 bits per heavy atom. The van der Waals surface area contributed by atoms with E-state index in [1.165, 1.54) is 12.1 Å². The molecule has 0 aliphatic rings. The molecule has 0 fully saturated rings. The number of hydrogen-bond acceptors (Lipinski definition) is 5. The summed E-state index contributed by atoms with van der Waals surface area (Å²) in [6, 6.07) is 20.0. The lowest BCUT2D eigenvalue weighted by Gasteiger charge is -2.10. The molecule has 2 aromatic carbocycles. The highest BCUT2D eigenvalue weighted by Crippen LogP contribution is 2.25. The molecule has 1 N–H and O–H groups in total. The van der Waals surface area contributed by atoms with Gasteiger partial charge in [0, 0.05) is 24.1 Å². The van der Waals surface area contributed by atoms with Crippen molar-refractivity contribution in [2.24, 2.45) is 0 Å². The van der Waals surface area contributed by atoms with Crippen LogP contribution in [0.15, 0.2) is 90.1 Å². The summed E-state index contributed by atoms with van der Waals surface area (Å²) in [5.74, 6) is 1.49. The first-order valence-electron chi connectivity index (χ1n) is 8.54. The number of hydrogen-bond donors (Lipinski definition) is 1. The fraction of sp³-hybridized carbons (Fsp3) is 0. The maximum Gasteiger partial charge on any atom is 0.263 e. The lowest BCUT2D eigenvalue weighted by Crippen LogP contribution is -2.13. The van der Waals surface area contributed by atoms with Crippen LogP contribution in [-0.2, 0) is 10.0 Å². The van der Waals surface area contributed by atoms with Gasteiger partial charge in [0.05, 0.1) is 5.02 Å². The lowest BCUT2D eigenvalue weighted by molar-refractivity contribution is 0.454. The zero-order valence-corrected chi connectivity index (χ0v) is 16.5. The van der Waals surface area contributed by atoms with Crippen LogP contribution >= 0.6 is 11.6 Å². The SMILES string of the molecule is O=S(=O)(Nc1ccc(Oc2ccc(-n3cccc3)nn2)cc1)c1ccccc1Cl. The number of rotatable bonds is 6. The van der Waals surface area contributed by atoms with Crippen LogP contribution in [0.2, 0.25) is 5.02 Å². The van der Waals surface area contributed by atoms with Gasteiger partial charge in [-0.25, -0.2) is 8.42 Å². The fourth-order valence-electron chi connectivity index (χ4n) is 2.58. The average Bonchev–Trinajstić information content (AvgIpc) is 3.25. The van der Waals surface area contributed by atoms with Crippen molar-refractivity contribution < 1.29 is 13.2 Å². The van der Waals surface area contributed by atoms with E-state index in [1.54, 1.807) is 48.5 Å². The minimum atomic E-state index is -3.79. The maximum absolute atomic E-state index is 12.5. The Kier molecular flexibility index (Phi) is 5.20. The van der Waals surface area contributed by atoms with Gasteiger partial charge in [0.1, 0.15) is 10.6 Å². The minimum absolute atomic E-state index is 0.0139. The van der Waals surface area contributed by atoms with Crippen molar-refractivity contribution in [3.8, 4) is 17.4 Å². The van der Waals surface area contributed by atoms with E-state index in [0.29, 0.717) is 23.1 Å². The van der Waals surface area contributed by atoms with Gasteiger partial charge in [-0.1, -0.05) is 23.7 Å². The highest BCUT2D eigenvalue weighted by molar-refractivity contribution is 7.92. The number of anilines is 1. The first-order chi connectivity index (χ1) is 14.0. The monoisotopic (exact) mass is 426 g/mol. The number of ether oxygens (including phenoxy) is 1. The molecule has 0 amide bonds. The Balaban J connectivity index is 1.45. The minimum Gasteiger partial charge on any atom is -0.438 e. The van der Waals surface area contributed by atoms with Crippen molar-refractivity contribution in [1.29, 1.82) is 0 Å². The molecule has 0 aliphatic carbocycles. The number of nitrogens with one attached hydrogen (secondary N) is 1. The summed E-state index contributed by atoms with van der Waals surface area (Å²) in [5.41, 5.74) is 0.381. The molecule has 9 heteroatoms. The Morgan fingerprint density at radius 1 is 0.862 bits per heavy atom. The molecule has 0 spiro atoms. The number of sulfonamides is 1. The van der Waals surface area contributed by atoms with Crippen molar-refractivity contribution in [3.05, 3.63) is 90.2 Å². The van der Waals surface area contributed by atoms with Crippen molar-refractivity contribution >= 4 is 27.3 Å². The molecule has 146 valence electrons. The number of aromatic nitrogens is 3. The van der Waals surface area contributed by atoms with Gasteiger partial charge in [0.15, 0.2) is 5.82 Å². The highest BCUT2D eigenvalue weighted by Gasteiger charge is 2.17. The Hall–Kier alpha value is -3.36. The molecule has 0 bridgehead atoms. The van der Waals surface area contributed by atoms with E-state index in [9.17, 15) is 8.42 Å². The van der Waals surface area contributed by atoms with Crippen LogP contribution in [0.25, 0.3) is 5.82 Å². The topological polar surface area (TPSA) is 86.1 Å². The van der Waals surface area contributed by atoms with Crippen LogP contribution in [0.5, 0.6) is 11.6 Å². The van der Waals surface area contributed by atoms with Gasteiger partial charge >= 0.3 is 0 Å². The zero-order chi connectivity index (χ0) is 20.3. The quantitative estimate of drug-likeness (QED) is 0.490. The number of halogens is 1. The van der Waals surface area contributed by atoms with Crippen LogP contribution in [0.1, 0.15) is 0 Å². The third kappa shape index (κ3) is 4.39. The molecule has 0 saturated heterocycles. The molecule has 2 aromatic heterocycles. The third-order valence-electron chi connectivity index (χ3n) is 3.95. The molecule has 0 saturated carbocycles. The largest absolute Gasteiger partial charge is 0.438 e. The van der Waals surface area contributed by atoms with E-state index in [4.69, 9.17) is 16.3 Å². The van der Waals surface area contributed by atoms with Gasteiger partial charge in [-0.3, -0.25) is 4.72 Å². The molecule has 4 rings (SSSR count). The summed E-state index contributed by atoms with van der Waals surface area (Å²) < 4.78 is 34.9. The zero-order valence-electron chi connectivity index (χ0n) is 14.9. The number of benzene rings is 2. The van der Waals surface area contributed by atoms with Crippen LogP contribution in [0.3, 0.4) is 0 Å². The predicted molar refractivity (Wildman–Crippen MR) is 110 cm³/mol. The van der Waals surface area contributed by atoms with Crippen LogP contribution in [0.4, 0.5) is 5.69 Å². The second-order valence-corrected chi connectivity index (χ2v) is 8.04.